The number of aliphatic hydroxyl groups is 1. The summed E-state index contributed by atoms with van der Waals surface area (Å²) in [4.78, 5) is 22.5. The Morgan fingerprint density at radius 2 is 2.00 bits per heavy atom. The van der Waals surface area contributed by atoms with Gasteiger partial charge in [-0.1, -0.05) is 11.8 Å². The predicted octanol–water partition coefficient (Wildman–Crippen LogP) is 3.56. The Kier molecular flexibility index (Phi) is 7.93. The summed E-state index contributed by atoms with van der Waals surface area (Å²) in [6, 6.07) is 3.91. The number of fused-ring (bicyclic) bond motifs is 1. The van der Waals surface area contributed by atoms with Crippen LogP contribution in [0, 0.1) is 11.8 Å². The highest BCUT2D eigenvalue weighted by molar-refractivity contribution is 5.86. The molecule has 1 fully saturated rings. The van der Waals surface area contributed by atoms with E-state index in [-0.39, 0.29) is 12.0 Å². The predicted molar refractivity (Wildman–Crippen MR) is 149 cm³/mol. The molecule has 1 spiro atoms. The van der Waals surface area contributed by atoms with Gasteiger partial charge < -0.3 is 35.7 Å². The van der Waals surface area contributed by atoms with Gasteiger partial charge in [-0.05, 0) is 58.4 Å². The molecule has 1 unspecified atom stereocenters. The Hall–Kier alpha value is -3.97. The van der Waals surface area contributed by atoms with Crippen LogP contribution in [0.3, 0.4) is 0 Å². The highest BCUT2D eigenvalue weighted by Crippen LogP contribution is 2.46. The molecule has 0 bridgehead atoms. The first-order chi connectivity index (χ1) is 18.4. The number of ether oxygens (including phenoxy) is 3. The van der Waals surface area contributed by atoms with Crippen LogP contribution in [0.1, 0.15) is 64.2 Å². The Morgan fingerprint density at radius 1 is 1.28 bits per heavy atom. The van der Waals surface area contributed by atoms with E-state index in [1.54, 1.807) is 18.0 Å². The summed E-state index contributed by atoms with van der Waals surface area (Å²) in [6.45, 7) is 10.5. The van der Waals surface area contributed by atoms with Crippen LogP contribution in [-0.2, 0) is 11.2 Å². The first-order valence-corrected chi connectivity index (χ1v) is 13.1. The van der Waals surface area contributed by atoms with Crippen LogP contribution in [0.4, 0.5) is 16.6 Å². The molecular weight excluding hydrogens is 498 g/mol. The van der Waals surface area contributed by atoms with Crippen LogP contribution in [0.25, 0.3) is 5.57 Å². The van der Waals surface area contributed by atoms with Crippen molar-refractivity contribution in [3.63, 3.8) is 0 Å². The molecular formula is C29H37N5O5. The fourth-order valence-electron chi connectivity index (χ4n) is 4.62. The number of hydrogen-bond acceptors (Lipinski definition) is 9. The first-order valence-electron chi connectivity index (χ1n) is 13.1. The Bertz CT molecular complexity index is 1330. The molecule has 10 nitrogen and oxygen atoms in total. The van der Waals surface area contributed by atoms with Gasteiger partial charge in [0.2, 0.25) is 5.95 Å². The maximum absolute atomic E-state index is 12.6. The number of nitrogen functional groups attached to an aromatic ring is 2. The number of aromatic nitrogens is 2. The van der Waals surface area contributed by atoms with Crippen molar-refractivity contribution in [3.8, 4) is 23.3 Å². The molecule has 0 radical (unpaired) electrons. The van der Waals surface area contributed by atoms with E-state index in [0.717, 1.165) is 22.3 Å². The smallest absolute Gasteiger partial charge is 0.410 e. The lowest BCUT2D eigenvalue weighted by molar-refractivity contribution is -0.00186. The maximum atomic E-state index is 12.6. The molecule has 0 aliphatic carbocycles. The van der Waals surface area contributed by atoms with Crippen molar-refractivity contribution in [2.24, 2.45) is 0 Å². The van der Waals surface area contributed by atoms with Gasteiger partial charge >= 0.3 is 6.09 Å². The second kappa shape index (κ2) is 11.0. The normalized spacial score (nSPS) is 16.8. The molecule has 0 saturated carbocycles. The zero-order chi connectivity index (χ0) is 28.4. The number of carbonyl (C=O) groups excluding carboxylic acids is 1. The van der Waals surface area contributed by atoms with Crippen LogP contribution < -0.4 is 20.9 Å². The van der Waals surface area contributed by atoms with Gasteiger partial charge in [-0.25, -0.2) is 9.78 Å². The van der Waals surface area contributed by atoms with Crippen molar-refractivity contribution in [1.82, 2.24) is 14.9 Å². The number of rotatable bonds is 4. The van der Waals surface area contributed by atoms with Crippen molar-refractivity contribution in [2.75, 3.05) is 31.2 Å². The van der Waals surface area contributed by atoms with Crippen LogP contribution in [0.15, 0.2) is 24.4 Å². The van der Waals surface area contributed by atoms with E-state index in [4.69, 9.17) is 25.7 Å². The molecule has 5 N–H and O–H groups in total. The second-order valence-corrected chi connectivity index (χ2v) is 10.9. The van der Waals surface area contributed by atoms with E-state index in [1.807, 2.05) is 45.9 Å². The summed E-state index contributed by atoms with van der Waals surface area (Å²) < 4.78 is 18.3. The first kappa shape index (κ1) is 28.0. The van der Waals surface area contributed by atoms with E-state index in [1.165, 1.54) is 0 Å². The lowest BCUT2D eigenvalue weighted by Crippen LogP contribution is -2.50. The summed E-state index contributed by atoms with van der Waals surface area (Å²) in [5.41, 5.74) is 13.6. The SMILES string of the molecule is CCOc1cc(Cc2cnc(N)nc2N)cc2c1OC1(C=C2C#CC(C)O)CCN(C(=O)OC(C)(C)C)CC1. The van der Waals surface area contributed by atoms with Gasteiger partial charge in [-0.15, -0.1) is 0 Å². The van der Waals surface area contributed by atoms with Gasteiger partial charge in [0.25, 0.3) is 0 Å². The standard InChI is InChI=1S/C29H37N5O5/c1-6-37-23-15-19(13-21-17-32-26(31)33-25(21)30)14-22-20(8-7-18(2)35)16-29(38-24(22)23)9-11-34(12-10-29)27(36)39-28(3,4)5/h14-18,35H,6,9-13H2,1-5H3,(H4,30,31,32,33). The van der Waals surface area contributed by atoms with Crippen molar-refractivity contribution < 1.29 is 24.1 Å². The second-order valence-electron chi connectivity index (χ2n) is 10.9. The third-order valence-electron chi connectivity index (χ3n) is 6.41. The molecule has 39 heavy (non-hydrogen) atoms. The Labute approximate surface area is 229 Å². The van der Waals surface area contributed by atoms with Gasteiger partial charge in [0, 0.05) is 55.2 Å². The van der Waals surface area contributed by atoms with Crippen molar-refractivity contribution in [1.29, 1.82) is 0 Å². The zero-order valence-corrected chi connectivity index (χ0v) is 23.2. The molecule has 1 atom stereocenters. The minimum atomic E-state index is -0.802. The number of allylic oxidation sites excluding steroid dienone is 1. The van der Waals surface area contributed by atoms with E-state index in [0.29, 0.717) is 56.3 Å². The minimum Gasteiger partial charge on any atom is -0.490 e. The molecule has 208 valence electrons. The molecule has 1 aromatic heterocycles. The Morgan fingerprint density at radius 3 is 2.62 bits per heavy atom. The van der Waals surface area contributed by atoms with Gasteiger partial charge in [0.15, 0.2) is 11.5 Å². The summed E-state index contributed by atoms with van der Waals surface area (Å²) in [6.07, 6.45) is 4.05. The fraction of sp³-hybridized carbons (Fsp3) is 0.483. The number of nitrogens with zero attached hydrogens (tertiary/aromatic N) is 3. The zero-order valence-electron chi connectivity index (χ0n) is 23.2. The largest absolute Gasteiger partial charge is 0.490 e. The van der Waals surface area contributed by atoms with Crippen LogP contribution in [0.2, 0.25) is 0 Å². The quantitative estimate of drug-likeness (QED) is 0.500. The number of amides is 1. The van der Waals surface area contributed by atoms with E-state index in [9.17, 15) is 9.90 Å². The third kappa shape index (κ3) is 6.73. The third-order valence-corrected chi connectivity index (χ3v) is 6.41. The molecule has 4 rings (SSSR count). The van der Waals surface area contributed by atoms with Crippen LogP contribution >= 0.6 is 0 Å². The summed E-state index contributed by atoms with van der Waals surface area (Å²) in [5, 5.41) is 9.91. The highest BCUT2D eigenvalue weighted by atomic mass is 16.6. The number of likely N-dealkylation sites (tertiary alicyclic amines) is 1. The van der Waals surface area contributed by atoms with Crippen molar-refractivity contribution in [2.45, 2.75) is 71.2 Å². The topological polar surface area (TPSA) is 146 Å². The van der Waals surface area contributed by atoms with E-state index < -0.39 is 17.3 Å². The molecule has 1 aromatic carbocycles. The molecule has 2 aromatic rings. The van der Waals surface area contributed by atoms with Crippen molar-refractivity contribution in [3.05, 3.63) is 41.1 Å². The average Bonchev–Trinajstić information content (AvgIpc) is 2.84. The highest BCUT2D eigenvalue weighted by Gasteiger charge is 2.41. The number of benzene rings is 1. The Balaban J connectivity index is 1.70. The molecule has 1 saturated heterocycles. The van der Waals surface area contributed by atoms with Gasteiger partial charge in [0.1, 0.15) is 23.1 Å². The maximum Gasteiger partial charge on any atom is 0.410 e. The number of aliphatic hydroxyl groups excluding tert-OH is 1. The van der Waals surface area contributed by atoms with Gasteiger partial charge in [0.05, 0.1) is 6.61 Å². The molecule has 1 amide bonds. The minimum absolute atomic E-state index is 0.117. The number of nitrogens with two attached hydrogens (primary N) is 2. The number of anilines is 2. The number of piperidine rings is 1. The molecule has 3 heterocycles. The monoisotopic (exact) mass is 535 g/mol. The lowest BCUT2D eigenvalue weighted by atomic mass is 9.84. The number of hydrogen-bond donors (Lipinski definition) is 3. The summed E-state index contributed by atoms with van der Waals surface area (Å²) >= 11 is 0. The van der Waals surface area contributed by atoms with Crippen molar-refractivity contribution >= 4 is 23.4 Å². The average molecular weight is 536 g/mol. The molecule has 2 aliphatic heterocycles. The molecule has 10 heteroatoms. The lowest BCUT2D eigenvalue weighted by Gasteiger charge is -2.43. The van der Waals surface area contributed by atoms with Crippen LogP contribution in [0.5, 0.6) is 11.5 Å². The van der Waals surface area contributed by atoms with Gasteiger partial charge in [-0.3, -0.25) is 0 Å². The summed E-state index contributed by atoms with van der Waals surface area (Å²) in [5.74, 6) is 7.62. The van der Waals surface area contributed by atoms with Gasteiger partial charge in [-0.2, -0.15) is 4.98 Å². The molecule has 2 aliphatic rings. The van der Waals surface area contributed by atoms with Crippen LogP contribution in [-0.4, -0.2) is 63.1 Å². The fourth-order valence-corrected chi connectivity index (χ4v) is 4.62. The van der Waals surface area contributed by atoms with E-state index in [2.05, 4.69) is 21.8 Å². The van der Waals surface area contributed by atoms with E-state index >= 15 is 0 Å². The number of carbonyl (C=O) groups is 1. The summed E-state index contributed by atoms with van der Waals surface area (Å²) in [7, 11) is 0.